The molecule has 270 valence electrons. The Kier molecular flexibility index (Phi) is 12.9. The van der Waals surface area contributed by atoms with E-state index in [-0.39, 0.29) is 23.3 Å². The number of anilines is 1. The number of ether oxygens (including phenoxy) is 1. The van der Waals surface area contributed by atoms with E-state index in [9.17, 15) is 19.5 Å². The highest BCUT2D eigenvalue weighted by Gasteiger charge is 2.25. The quantitative estimate of drug-likeness (QED) is 0.0868. The summed E-state index contributed by atoms with van der Waals surface area (Å²) in [7, 11) is 0. The number of rotatable bonds is 16. The molecule has 0 saturated heterocycles. The summed E-state index contributed by atoms with van der Waals surface area (Å²) in [5, 5.41) is 15.0. The van der Waals surface area contributed by atoms with Gasteiger partial charge in [-0.15, -0.1) is 11.3 Å². The van der Waals surface area contributed by atoms with Gasteiger partial charge >= 0.3 is 5.97 Å². The van der Waals surface area contributed by atoms with Crippen molar-refractivity contribution < 1.29 is 24.2 Å². The zero-order chi connectivity index (χ0) is 37.1. The zero-order valence-electron chi connectivity index (χ0n) is 30.1. The van der Waals surface area contributed by atoms with Crippen molar-refractivity contribution in [3.63, 3.8) is 0 Å². The van der Waals surface area contributed by atoms with Crippen LogP contribution < -0.4 is 15.4 Å². The Morgan fingerprint density at radius 1 is 0.788 bits per heavy atom. The van der Waals surface area contributed by atoms with E-state index in [0.29, 0.717) is 16.4 Å². The van der Waals surface area contributed by atoms with Crippen molar-refractivity contribution in [2.45, 2.75) is 77.7 Å². The van der Waals surface area contributed by atoms with Gasteiger partial charge in [0.05, 0.1) is 17.0 Å². The Balaban J connectivity index is 1.24. The summed E-state index contributed by atoms with van der Waals surface area (Å²) in [6.45, 7) is 9.19. The molecular weight excluding hydrogens is 673 g/mol. The maximum atomic E-state index is 13.5. The van der Waals surface area contributed by atoms with Gasteiger partial charge in [0.1, 0.15) is 11.8 Å². The molecule has 52 heavy (non-hydrogen) atoms. The van der Waals surface area contributed by atoms with Crippen LogP contribution in [-0.4, -0.2) is 45.5 Å². The number of amides is 2. The number of carbonyl (C=O) groups is 3. The average Bonchev–Trinajstić information content (AvgIpc) is 3.66. The van der Waals surface area contributed by atoms with Crippen molar-refractivity contribution in [3.8, 4) is 28.3 Å². The Morgan fingerprint density at radius 2 is 1.44 bits per heavy atom. The lowest BCUT2D eigenvalue weighted by atomic mass is 9.95. The van der Waals surface area contributed by atoms with Crippen LogP contribution in [0.1, 0.15) is 90.3 Å². The Morgan fingerprint density at radius 3 is 2.06 bits per heavy atom. The summed E-state index contributed by atoms with van der Waals surface area (Å²) >= 11 is 1.40. The van der Waals surface area contributed by atoms with E-state index in [4.69, 9.17) is 4.74 Å². The van der Waals surface area contributed by atoms with Crippen LogP contribution in [0.3, 0.4) is 0 Å². The second-order valence-electron chi connectivity index (χ2n) is 13.8. The van der Waals surface area contributed by atoms with Crippen LogP contribution in [0, 0.1) is 0 Å². The largest absolute Gasteiger partial charge is 0.494 e. The first kappa shape index (κ1) is 37.9. The number of unbranched alkanes of at least 4 members (excludes halogenated alkanes) is 4. The first-order valence-electron chi connectivity index (χ1n) is 17.7. The number of thiophene rings is 1. The number of carboxylic acid groups (broad SMARTS) is 1. The third kappa shape index (κ3) is 10.6. The first-order valence-corrected chi connectivity index (χ1v) is 18.5. The summed E-state index contributed by atoms with van der Waals surface area (Å²) in [5.41, 5.74) is 3.96. The van der Waals surface area contributed by atoms with Crippen LogP contribution in [0.15, 0.2) is 97.3 Å². The second-order valence-corrected chi connectivity index (χ2v) is 14.9. The fourth-order valence-electron chi connectivity index (χ4n) is 5.52. The molecule has 3 aromatic carbocycles. The molecule has 1 unspecified atom stereocenters. The summed E-state index contributed by atoms with van der Waals surface area (Å²) in [6.07, 6.45) is 9.83. The lowest BCUT2D eigenvalue weighted by Crippen LogP contribution is -2.45. The van der Waals surface area contributed by atoms with Crippen molar-refractivity contribution in [2.24, 2.45) is 0 Å². The molecule has 0 spiro atoms. The molecule has 9 nitrogen and oxygen atoms in total. The van der Waals surface area contributed by atoms with Gasteiger partial charge in [0.25, 0.3) is 5.91 Å². The molecule has 5 rings (SSSR count). The van der Waals surface area contributed by atoms with Crippen molar-refractivity contribution in [2.75, 3.05) is 11.9 Å². The fraction of sp³-hybridized carbons (Fsp3) is 0.310. The average molecular weight is 719 g/mol. The molecule has 1 atom stereocenters. The molecule has 0 aliphatic rings. The van der Waals surface area contributed by atoms with Gasteiger partial charge in [0.2, 0.25) is 5.91 Å². The van der Waals surface area contributed by atoms with Crippen LogP contribution in [0.4, 0.5) is 5.69 Å². The molecule has 5 aromatic rings. The molecule has 3 N–H and O–H groups in total. The minimum absolute atomic E-state index is 0.108. The molecule has 2 amide bonds. The maximum absolute atomic E-state index is 13.5. The molecule has 0 fully saturated rings. The molecular formula is C42H46N4O5S. The van der Waals surface area contributed by atoms with Gasteiger partial charge in [-0.2, -0.15) is 0 Å². The van der Waals surface area contributed by atoms with Crippen molar-refractivity contribution in [3.05, 3.63) is 118 Å². The predicted octanol–water partition coefficient (Wildman–Crippen LogP) is 9.20. The number of hydrogen-bond donors (Lipinski definition) is 3. The van der Waals surface area contributed by atoms with Gasteiger partial charge < -0.3 is 20.5 Å². The molecule has 0 bridgehead atoms. The lowest BCUT2D eigenvalue weighted by Gasteiger charge is -2.19. The van der Waals surface area contributed by atoms with Crippen molar-refractivity contribution in [1.29, 1.82) is 0 Å². The van der Waals surface area contributed by atoms with Gasteiger partial charge in [-0.1, -0.05) is 89.8 Å². The van der Waals surface area contributed by atoms with Crippen LogP contribution in [0.25, 0.3) is 22.5 Å². The minimum atomic E-state index is -1.06. The molecule has 2 heterocycles. The molecule has 0 aliphatic carbocycles. The number of hydrogen-bond acceptors (Lipinski definition) is 7. The third-order valence-electron chi connectivity index (χ3n) is 8.60. The van der Waals surface area contributed by atoms with Gasteiger partial charge in [-0.05, 0) is 71.5 Å². The second kappa shape index (κ2) is 17.7. The molecule has 2 aromatic heterocycles. The third-order valence-corrected chi connectivity index (χ3v) is 10.1. The van der Waals surface area contributed by atoms with E-state index in [2.05, 4.69) is 48.3 Å². The Bertz CT molecular complexity index is 1930. The summed E-state index contributed by atoms with van der Waals surface area (Å²) < 4.78 is 5.90. The molecule has 0 radical (unpaired) electrons. The smallest absolute Gasteiger partial charge is 0.335 e. The lowest BCUT2D eigenvalue weighted by molar-refractivity contribution is -0.118. The number of nitrogens with one attached hydrogen (secondary N) is 2. The van der Waals surface area contributed by atoms with Crippen LogP contribution in [0.2, 0.25) is 0 Å². The normalized spacial score (nSPS) is 11.8. The SMILES string of the molecule is CCCCCCCOc1ccc(-c2cnc(-c3ccc(CC(NC(=O)c4ccc(C(C)(C)C)s4)C(=O)Nc4ccc(C(=O)O)cc4)cc3)nc2)cc1. The number of carboxylic acids is 1. The number of aromatic nitrogens is 2. The minimum Gasteiger partial charge on any atom is -0.494 e. The van der Waals surface area contributed by atoms with E-state index in [1.54, 1.807) is 18.5 Å². The van der Waals surface area contributed by atoms with E-state index in [0.717, 1.165) is 45.9 Å². The summed E-state index contributed by atoms with van der Waals surface area (Å²) in [4.78, 5) is 49.0. The van der Waals surface area contributed by atoms with Crippen LogP contribution in [0.5, 0.6) is 5.75 Å². The van der Waals surface area contributed by atoms with Gasteiger partial charge in [-0.25, -0.2) is 14.8 Å². The van der Waals surface area contributed by atoms with E-state index in [1.807, 2.05) is 54.6 Å². The number of nitrogens with zero attached hydrogens (tertiary/aromatic N) is 2. The number of aromatic carboxylic acids is 1. The highest BCUT2D eigenvalue weighted by Crippen LogP contribution is 2.30. The fourth-order valence-corrected chi connectivity index (χ4v) is 6.49. The van der Waals surface area contributed by atoms with Crippen molar-refractivity contribution >= 4 is 34.8 Å². The van der Waals surface area contributed by atoms with E-state index in [1.165, 1.54) is 61.3 Å². The predicted molar refractivity (Wildman–Crippen MR) is 207 cm³/mol. The molecule has 0 saturated carbocycles. The van der Waals surface area contributed by atoms with Gasteiger partial charge in [0, 0.05) is 40.5 Å². The topological polar surface area (TPSA) is 131 Å². The zero-order valence-corrected chi connectivity index (χ0v) is 31.0. The number of carbonyl (C=O) groups excluding carboxylic acids is 2. The van der Waals surface area contributed by atoms with Crippen molar-refractivity contribution in [1.82, 2.24) is 15.3 Å². The Labute approximate surface area is 309 Å². The maximum Gasteiger partial charge on any atom is 0.335 e. The molecule has 10 heteroatoms. The standard InChI is InChI=1S/C42H46N4O5S/c1-5-6-7-8-9-24-51-34-20-16-29(17-21-34)32-26-43-38(44-27-32)30-12-10-28(11-13-30)25-35(39(47)45-33-18-14-31(15-19-33)41(49)50)46-40(48)36-22-23-37(52-36)42(2,3)4/h10-23,26-27,35H,5-9,24-25H2,1-4H3,(H,45,47)(H,46,48)(H,49,50). The first-order chi connectivity index (χ1) is 25.0. The highest BCUT2D eigenvalue weighted by atomic mass is 32.1. The van der Waals surface area contributed by atoms with Crippen LogP contribution >= 0.6 is 11.3 Å². The van der Waals surface area contributed by atoms with E-state index >= 15 is 0 Å². The molecule has 0 aliphatic heterocycles. The van der Waals surface area contributed by atoms with Gasteiger partial charge in [0.15, 0.2) is 5.82 Å². The monoisotopic (exact) mass is 718 g/mol. The highest BCUT2D eigenvalue weighted by molar-refractivity contribution is 7.14. The van der Waals surface area contributed by atoms with Crippen LogP contribution in [-0.2, 0) is 16.6 Å². The Hall–Kier alpha value is -5.35. The van der Waals surface area contributed by atoms with Gasteiger partial charge in [-0.3, -0.25) is 9.59 Å². The van der Waals surface area contributed by atoms with E-state index < -0.39 is 17.9 Å². The number of benzene rings is 3. The summed E-state index contributed by atoms with van der Waals surface area (Å²) in [6, 6.07) is 24.3. The summed E-state index contributed by atoms with van der Waals surface area (Å²) in [5.74, 6) is -0.400.